The number of carbonyl (C=O) groups excluding carboxylic acids is 2. The molecule has 0 bridgehead atoms. The van der Waals surface area contributed by atoms with Crippen LogP contribution in [0, 0.1) is 0 Å². The van der Waals surface area contributed by atoms with Gasteiger partial charge in [-0.3, -0.25) is 4.79 Å². The van der Waals surface area contributed by atoms with E-state index in [0.29, 0.717) is 0 Å². The second-order valence-corrected chi connectivity index (χ2v) is 3.95. The molecule has 0 saturated carbocycles. The van der Waals surface area contributed by atoms with Crippen LogP contribution >= 0.6 is 0 Å². The third-order valence-corrected chi connectivity index (χ3v) is 2.27. The molecule has 1 saturated heterocycles. The second kappa shape index (κ2) is 5.73. The van der Waals surface area contributed by atoms with Gasteiger partial charge in [0.05, 0.1) is 6.54 Å². The number of hydrogen-bond acceptors (Lipinski definition) is 5. The van der Waals surface area contributed by atoms with Crippen LogP contribution in [-0.2, 0) is 19.2 Å². The third-order valence-electron chi connectivity index (χ3n) is 2.27. The number of carbonyl (C=O) groups is 2. The fourth-order valence-corrected chi connectivity index (χ4v) is 1.48. The van der Waals surface area contributed by atoms with E-state index in [1.165, 1.54) is 0 Å². The van der Waals surface area contributed by atoms with Crippen LogP contribution in [0.5, 0.6) is 0 Å². The van der Waals surface area contributed by atoms with Crippen molar-refractivity contribution in [2.24, 2.45) is 0 Å². The summed E-state index contributed by atoms with van der Waals surface area (Å²) in [5, 5.41) is -0.0127. The number of nitrogens with zero attached hydrogens (tertiary/aromatic N) is 1. The summed E-state index contributed by atoms with van der Waals surface area (Å²) in [6, 6.07) is -1.80. The van der Waals surface area contributed by atoms with Crippen molar-refractivity contribution in [2.75, 3.05) is 13.2 Å². The minimum atomic E-state index is -5.35. The van der Waals surface area contributed by atoms with E-state index in [9.17, 15) is 31.5 Å². The zero-order valence-electron chi connectivity index (χ0n) is 9.95. The van der Waals surface area contributed by atoms with Crippen LogP contribution in [0.15, 0.2) is 12.7 Å². The molecule has 10 heteroatoms. The molecule has 1 rings (SSSR count). The molecule has 0 aliphatic carbocycles. The molecule has 1 aliphatic rings. The molecule has 1 fully saturated rings. The number of alkyl halides is 5. The zero-order chi connectivity index (χ0) is 15.6. The summed E-state index contributed by atoms with van der Waals surface area (Å²) >= 11 is 0. The molecule has 1 unspecified atom stereocenters. The van der Waals surface area contributed by atoms with Crippen molar-refractivity contribution in [1.82, 2.24) is 5.06 Å². The Morgan fingerprint density at radius 3 is 2.50 bits per heavy atom. The average molecular weight is 303 g/mol. The number of hydrogen-bond donors (Lipinski definition) is 0. The molecule has 1 heterocycles. The topological polar surface area (TPSA) is 55.8 Å². The van der Waals surface area contributed by atoms with Gasteiger partial charge in [0.2, 0.25) is 0 Å². The summed E-state index contributed by atoms with van der Waals surface area (Å²) in [5.74, 6) is -7.38. The number of rotatable bonds is 4. The summed E-state index contributed by atoms with van der Waals surface area (Å²) in [4.78, 5) is 25.8. The smallest absolute Gasteiger partial charge is 0.460 e. The van der Waals surface area contributed by atoms with Gasteiger partial charge in [-0.2, -0.15) is 13.2 Å². The highest BCUT2D eigenvalue weighted by atomic mass is 19.4. The summed E-state index contributed by atoms with van der Waals surface area (Å²) in [5.41, 5.74) is 0. The molecule has 0 spiro atoms. The van der Waals surface area contributed by atoms with Crippen molar-refractivity contribution < 1.29 is 41.1 Å². The summed E-state index contributed by atoms with van der Waals surface area (Å²) in [7, 11) is 0. The van der Waals surface area contributed by atoms with Crippen LogP contribution in [0.3, 0.4) is 0 Å². The lowest BCUT2D eigenvalue weighted by Gasteiger charge is -2.21. The Labute approximate surface area is 109 Å². The molecule has 0 aromatic carbocycles. The molecular weight excluding hydrogens is 293 g/mol. The van der Waals surface area contributed by atoms with Crippen LogP contribution in [-0.4, -0.2) is 48.3 Å². The molecule has 20 heavy (non-hydrogen) atoms. The summed E-state index contributed by atoms with van der Waals surface area (Å²) < 4.78 is 66.7. The third kappa shape index (κ3) is 4.15. The van der Waals surface area contributed by atoms with E-state index in [-0.39, 0.29) is 11.7 Å². The van der Waals surface area contributed by atoms with Gasteiger partial charge < -0.3 is 9.57 Å². The van der Waals surface area contributed by atoms with Gasteiger partial charge in [0.25, 0.3) is 5.92 Å². The highest BCUT2D eigenvalue weighted by Crippen LogP contribution is 2.33. The van der Waals surface area contributed by atoms with Crippen LogP contribution in [0.25, 0.3) is 0 Å². The number of esters is 1. The van der Waals surface area contributed by atoms with E-state index in [4.69, 9.17) is 0 Å². The molecule has 0 aromatic heterocycles. The van der Waals surface area contributed by atoms with Gasteiger partial charge in [-0.25, -0.2) is 13.6 Å². The minimum absolute atomic E-state index is 0.0127. The molecule has 1 atom stereocenters. The first-order valence-corrected chi connectivity index (χ1v) is 5.28. The average Bonchev–Trinajstić information content (AvgIpc) is 2.60. The highest BCUT2D eigenvalue weighted by Gasteiger charge is 2.53. The van der Waals surface area contributed by atoms with Crippen LogP contribution in [0.2, 0.25) is 0 Å². The maximum absolute atomic E-state index is 13.1. The van der Waals surface area contributed by atoms with Crippen molar-refractivity contribution >= 4 is 11.9 Å². The first-order chi connectivity index (χ1) is 9.07. The maximum atomic E-state index is 13.1. The van der Waals surface area contributed by atoms with E-state index in [2.05, 4.69) is 16.2 Å². The van der Waals surface area contributed by atoms with Gasteiger partial charge in [0, 0.05) is 6.42 Å². The lowest BCUT2D eigenvalue weighted by atomic mass is 10.2. The molecule has 0 aromatic rings. The lowest BCUT2D eigenvalue weighted by molar-refractivity contribution is -0.244. The van der Waals surface area contributed by atoms with Crippen molar-refractivity contribution in [2.45, 2.75) is 24.6 Å². The first-order valence-electron chi connectivity index (χ1n) is 5.28. The standard InChI is InChI=1S/C10H10F5NO4/c1-2-3-19-7(17)6-4-9(11,12)5-16(6)20-8(18)10(13,14)15/h2,6H,1,3-5H2. The molecule has 114 valence electrons. The first kappa shape index (κ1) is 16.3. The summed E-state index contributed by atoms with van der Waals surface area (Å²) in [6.45, 7) is 1.59. The van der Waals surface area contributed by atoms with Crippen LogP contribution in [0.4, 0.5) is 22.0 Å². The highest BCUT2D eigenvalue weighted by molar-refractivity contribution is 5.78. The van der Waals surface area contributed by atoms with Crippen molar-refractivity contribution in [1.29, 1.82) is 0 Å². The quantitative estimate of drug-likeness (QED) is 0.447. The van der Waals surface area contributed by atoms with Crippen LogP contribution < -0.4 is 0 Å². The number of ether oxygens (including phenoxy) is 1. The molecule has 0 N–H and O–H groups in total. The SMILES string of the molecule is C=CCOC(=O)C1CC(F)(F)CN1OC(=O)C(F)(F)F. The molecule has 0 amide bonds. The van der Waals surface area contributed by atoms with E-state index in [1.54, 1.807) is 0 Å². The van der Waals surface area contributed by atoms with Crippen molar-refractivity contribution in [3.05, 3.63) is 12.7 Å². The van der Waals surface area contributed by atoms with Gasteiger partial charge >= 0.3 is 18.1 Å². The molecule has 1 aliphatic heterocycles. The Balaban J connectivity index is 2.77. The fraction of sp³-hybridized carbons (Fsp3) is 0.600. The monoisotopic (exact) mass is 303 g/mol. The fourth-order valence-electron chi connectivity index (χ4n) is 1.48. The van der Waals surface area contributed by atoms with Gasteiger partial charge in [-0.05, 0) is 0 Å². The van der Waals surface area contributed by atoms with Gasteiger partial charge in [-0.1, -0.05) is 12.7 Å². The largest absolute Gasteiger partial charge is 0.492 e. The predicted octanol–water partition coefficient (Wildman–Crippen LogP) is 1.45. The number of hydroxylamine groups is 2. The Kier molecular flexibility index (Phi) is 4.69. The van der Waals surface area contributed by atoms with Crippen LogP contribution in [0.1, 0.15) is 6.42 Å². The Bertz CT molecular complexity index is 409. The Hall–Kier alpha value is -1.71. The molecular formula is C10H10F5NO4. The van der Waals surface area contributed by atoms with E-state index < -0.39 is 43.0 Å². The molecule has 0 radical (unpaired) electrons. The lowest BCUT2D eigenvalue weighted by Crippen LogP contribution is -2.42. The maximum Gasteiger partial charge on any atom is 0.492 e. The Morgan fingerprint density at radius 1 is 1.40 bits per heavy atom. The normalized spacial score (nSPS) is 22.4. The van der Waals surface area contributed by atoms with Gasteiger partial charge in [-0.15, -0.1) is 5.06 Å². The number of halogens is 5. The van der Waals surface area contributed by atoms with E-state index in [0.717, 1.165) is 6.08 Å². The summed E-state index contributed by atoms with van der Waals surface area (Å²) in [6.07, 6.45) is -5.31. The van der Waals surface area contributed by atoms with Crippen molar-refractivity contribution in [3.8, 4) is 0 Å². The minimum Gasteiger partial charge on any atom is -0.460 e. The zero-order valence-corrected chi connectivity index (χ0v) is 9.95. The molecule has 5 nitrogen and oxygen atoms in total. The van der Waals surface area contributed by atoms with Gasteiger partial charge in [0.15, 0.2) is 0 Å². The Morgan fingerprint density at radius 2 is 2.00 bits per heavy atom. The van der Waals surface area contributed by atoms with E-state index in [1.807, 2.05) is 0 Å². The van der Waals surface area contributed by atoms with Crippen molar-refractivity contribution in [3.63, 3.8) is 0 Å². The predicted molar refractivity (Wildman–Crippen MR) is 53.4 cm³/mol. The van der Waals surface area contributed by atoms with E-state index >= 15 is 0 Å². The van der Waals surface area contributed by atoms with Gasteiger partial charge in [0.1, 0.15) is 12.6 Å². The second-order valence-electron chi connectivity index (χ2n) is 3.95.